The second-order valence-corrected chi connectivity index (χ2v) is 4.37. The number of aromatic nitrogens is 2. The molecule has 0 bridgehead atoms. The van der Waals surface area contributed by atoms with Crippen LogP contribution in [0.4, 0.5) is 8.78 Å². The normalized spacial score (nSPS) is 12.7. The lowest BCUT2D eigenvalue weighted by Gasteiger charge is -2.15. The van der Waals surface area contributed by atoms with E-state index in [1.54, 1.807) is 6.07 Å². The van der Waals surface area contributed by atoms with Crippen LogP contribution >= 0.6 is 0 Å². The molecule has 0 radical (unpaired) electrons. The Kier molecular flexibility index (Phi) is 4.68. The van der Waals surface area contributed by atoms with E-state index < -0.39 is 6.55 Å². The molecule has 0 saturated heterocycles. The van der Waals surface area contributed by atoms with Crippen LogP contribution in [0.2, 0.25) is 0 Å². The second kappa shape index (κ2) is 6.47. The van der Waals surface area contributed by atoms with Crippen LogP contribution in [0, 0.1) is 0 Å². The van der Waals surface area contributed by atoms with Crippen molar-refractivity contribution in [2.75, 3.05) is 0 Å². The Labute approximate surface area is 116 Å². The molecule has 0 spiro atoms. The quantitative estimate of drug-likeness (QED) is 0.884. The lowest BCUT2D eigenvalue weighted by Crippen LogP contribution is -2.12. The molecular formula is C14H17F2N3O. The Morgan fingerprint density at radius 3 is 2.80 bits per heavy atom. The van der Waals surface area contributed by atoms with Crippen LogP contribution in [0.25, 0.3) is 0 Å². The molecule has 0 aliphatic carbocycles. The minimum Gasteiger partial charge on any atom is -0.485 e. The van der Waals surface area contributed by atoms with E-state index in [-0.39, 0.29) is 18.5 Å². The first-order valence-corrected chi connectivity index (χ1v) is 6.40. The van der Waals surface area contributed by atoms with Crippen LogP contribution < -0.4 is 10.5 Å². The van der Waals surface area contributed by atoms with Crippen molar-refractivity contribution in [3.8, 4) is 5.75 Å². The van der Waals surface area contributed by atoms with Gasteiger partial charge in [-0.15, -0.1) is 0 Å². The van der Waals surface area contributed by atoms with Crippen LogP contribution in [0.15, 0.2) is 36.7 Å². The SMILES string of the molecule is CC[C@@H](N)c1ccccc1OCc1nccn1C(F)F. The van der Waals surface area contributed by atoms with Gasteiger partial charge in [0.2, 0.25) is 0 Å². The fraction of sp³-hybridized carbons (Fsp3) is 0.357. The summed E-state index contributed by atoms with van der Waals surface area (Å²) in [7, 11) is 0. The van der Waals surface area contributed by atoms with E-state index >= 15 is 0 Å². The van der Waals surface area contributed by atoms with E-state index in [0.29, 0.717) is 5.75 Å². The molecule has 0 saturated carbocycles. The first kappa shape index (κ1) is 14.5. The van der Waals surface area contributed by atoms with Crippen LogP contribution in [0.5, 0.6) is 5.75 Å². The summed E-state index contributed by atoms with van der Waals surface area (Å²) in [5.74, 6) is 0.783. The van der Waals surface area contributed by atoms with Gasteiger partial charge < -0.3 is 10.5 Å². The van der Waals surface area contributed by atoms with Gasteiger partial charge in [-0.05, 0) is 12.5 Å². The van der Waals surface area contributed by atoms with Crippen molar-refractivity contribution in [2.24, 2.45) is 5.73 Å². The van der Waals surface area contributed by atoms with Gasteiger partial charge in [0.15, 0.2) is 5.82 Å². The Morgan fingerprint density at radius 2 is 2.10 bits per heavy atom. The zero-order valence-electron chi connectivity index (χ0n) is 11.2. The smallest absolute Gasteiger partial charge is 0.320 e. The maximum absolute atomic E-state index is 12.7. The van der Waals surface area contributed by atoms with E-state index in [1.165, 1.54) is 12.4 Å². The van der Waals surface area contributed by atoms with Crippen molar-refractivity contribution in [3.63, 3.8) is 0 Å². The highest BCUT2D eigenvalue weighted by Crippen LogP contribution is 2.26. The molecule has 0 aliphatic rings. The lowest BCUT2D eigenvalue weighted by atomic mass is 10.0. The summed E-state index contributed by atoms with van der Waals surface area (Å²) in [6.45, 7) is -0.667. The highest BCUT2D eigenvalue weighted by Gasteiger charge is 2.14. The summed E-state index contributed by atoms with van der Waals surface area (Å²) in [5.41, 5.74) is 6.87. The number of nitrogens with two attached hydrogens (primary N) is 1. The number of ether oxygens (including phenoxy) is 1. The van der Waals surface area contributed by atoms with E-state index in [1.807, 2.05) is 25.1 Å². The summed E-state index contributed by atoms with van der Waals surface area (Å²) < 4.78 is 31.8. The first-order chi connectivity index (χ1) is 9.63. The number of hydrogen-bond acceptors (Lipinski definition) is 3. The monoisotopic (exact) mass is 281 g/mol. The predicted molar refractivity (Wildman–Crippen MR) is 71.5 cm³/mol. The highest BCUT2D eigenvalue weighted by atomic mass is 19.3. The molecule has 20 heavy (non-hydrogen) atoms. The van der Waals surface area contributed by atoms with Crippen molar-refractivity contribution in [3.05, 3.63) is 48.0 Å². The highest BCUT2D eigenvalue weighted by molar-refractivity contribution is 5.35. The summed E-state index contributed by atoms with van der Waals surface area (Å²) >= 11 is 0. The van der Waals surface area contributed by atoms with Crippen LogP contribution in [-0.2, 0) is 6.61 Å². The van der Waals surface area contributed by atoms with E-state index in [4.69, 9.17) is 10.5 Å². The maximum Gasteiger partial charge on any atom is 0.320 e. The second-order valence-electron chi connectivity index (χ2n) is 4.37. The van der Waals surface area contributed by atoms with Crippen molar-refractivity contribution < 1.29 is 13.5 Å². The van der Waals surface area contributed by atoms with Gasteiger partial charge in [-0.3, -0.25) is 4.57 Å². The molecule has 1 aromatic heterocycles. The zero-order chi connectivity index (χ0) is 14.5. The van der Waals surface area contributed by atoms with Crippen LogP contribution in [-0.4, -0.2) is 9.55 Å². The van der Waals surface area contributed by atoms with Crippen LogP contribution in [0.1, 0.15) is 37.3 Å². The third-order valence-electron chi connectivity index (χ3n) is 3.07. The summed E-state index contributed by atoms with van der Waals surface area (Å²) in [5, 5.41) is 0. The van der Waals surface area contributed by atoms with E-state index in [0.717, 1.165) is 16.6 Å². The molecular weight excluding hydrogens is 264 g/mol. The molecule has 0 amide bonds. The molecule has 2 N–H and O–H groups in total. The Morgan fingerprint density at radius 1 is 1.35 bits per heavy atom. The van der Waals surface area contributed by atoms with E-state index in [2.05, 4.69) is 4.98 Å². The Hall–Kier alpha value is -1.95. The molecule has 0 fully saturated rings. The van der Waals surface area contributed by atoms with Gasteiger partial charge >= 0.3 is 6.55 Å². The number of halogens is 2. The Bertz CT molecular complexity index is 557. The van der Waals surface area contributed by atoms with Gasteiger partial charge in [0.1, 0.15) is 12.4 Å². The van der Waals surface area contributed by atoms with Crippen molar-refractivity contribution in [1.29, 1.82) is 0 Å². The van der Waals surface area contributed by atoms with Crippen molar-refractivity contribution >= 4 is 0 Å². The summed E-state index contributed by atoms with van der Waals surface area (Å²) in [4.78, 5) is 3.87. The molecule has 1 atom stereocenters. The number of imidazole rings is 1. The van der Waals surface area contributed by atoms with Crippen molar-refractivity contribution in [1.82, 2.24) is 9.55 Å². The van der Waals surface area contributed by atoms with E-state index in [9.17, 15) is 8.78 Å². The molecule has 0 unspecified atom stereocenters. The minimum absolute atomic E-state index is 0.0230. The molecule has 4 nitrogen and oxygen atoms in total. The molecule has 1 aromatic carbocycles. The molecule has 6 heteroatoms. The number of rotatable bonds is 6. The third-order valence-corrected chi connectivity index (χ3v) is 3.07. The lowest BCUT2D eigenvalue weighted by molar-refractivity contribution is 0.0632. The average Bonchev–Trinajstić information content (AvgIpc) is 2.93. The van der Waals surface area contributed by atoms with Crippen LogP contribution in [0.3, 0.4) is 0 Å². The molecule has 1 heterocycles. The maximum atomic E-state index is 12.7. The van der Waals surface area contributed by atoms with Gasteiger partial charge in [-0.25, -0.2) is 4.98 Å². The third kappa shape index (κ3) is 3.14. The average molecular weight is 281 g/mol. The predicted octanol–water partition coefficient (Wildman–Crippen LogP) is 3.27. The number of nitrogens with zero attached hydrogens (tertiary/aromatic N) is 2. The van der Waals surface area contributed by atoms with Crippen molar-refractivity contribution in [2.45, 2.75) is 32.5 Å². The molecule has 108 valence electrons. The molecule has 0 aliphatic heterocycles. The van der Waals surface area contributed by atoms with Gasteiger partial charge in [-0.2, -0.15) is 8.78 Å². The summed E-state index contributed by atoms with van der Waals surface area (Å²) in [6, 6.07) is 7.21. The topological polar surface area (TPSA) is 53.1 Å². The number of alkyl halides is 2. The number of para-hydroxylation sites is 1. The first-order valence-electron chi connectivity index (χ1n) is 6.40. The zero-order valence-corrected chi connectivity index (χ0v) is 11.2. The number of hydrogen-bond donors (Lipinski definition) is 1. The fourth-order valence-electron chi connectivity index (χ4n) is 1.91. The van der Waals surface area contributed by atoms with Gasteiger partial charge in [0.25, 0.3) is 0 Å². The van der Waals surface area contributed by atoms with Gasteiger partial charge in [-0.1, -0.05) is 25.1 Å². The summed E-state index contributed by atoms with van der Waals surface area (Å²) in [6.07, 6.45) is 3.33. The number of benzene rings is 1. The Balaban J connectivity index is 2.13. The minimum atomic E-state index is -2.62. The fourth-order valence-corrected chi connectivity index (χ4v) is 1.91. The standard InChI is InChI=1S/C14H17F2N3O/c1-2-11(17)10-5-3-4-6-12(10)20-9-13-18-7-8-19(13)14(15)16/h3-8,11,14H,2,9,17H2,1H3/t11-/m1/s1. The molecule has 2 aromatic rings. The molecule has 2 rings (SSSR count). The van der Waals surface area contributed by atoms with Gasteiger partial charge in [0, 0.05) is 24.0 Å². The van der Waals surface area contributed by atoms with Gasteiger partial charge in [0.05, 0.1) is 0 Å². The largest absolute Gasteiger partial charge is 0.485 e.